The number of esters is 1. The van der Waals surface area contributed by atoms with Crippen molar-refractivity contribution in [2.75, 3.05) is 12.3 Å². The Hall–Kier alpha value is -4.43. The predicted molar refractivity (Wildman–Crippen MR) is 139 cm³/mol. The third-order valence-electron chi connectivity index (χ3n) is 5.73. The van der Waals surface area contributed by atoms with Gasteiger partial charge in [-0.3, -0.25) is 9.36 Å². The Morgan fingerprint density at radius 3 is 2.31 bits per heavy atom. The monoisotopic (exact) mass is 499 g/mol. The number of fused-ring (bicyclic) bond motifs is 2. The van der Waals surface area contributed by atoms with Crippen LogP contribution in [0.3, 0.4) is 0 Å². The summed E-state index contributed by atoms with van der Waals surface area (Å²) in [6.45, 7) is 2.33. The molecule has 9 heteroatoms. The van der Waals surface area contributed by atoms with Gasteiger partial charge >= 0.3 is 5.97 Å². The third-order valence-corrected chi connectivity index (χ3v) is 5.98. The fourth-order valence-corrected chi connectivity index (χ4v) is 4.11. The number of nitrogens with one attached hydrogen (secondary N) is 1. The number of carbonyl (C=O) groups is 2. The van der Waals surface area contributed by atoms with Crippen LogP contribution in [0.15, 0.2) is 72.8 Å². The largest absolute Gasteiger partial charge is 0.462 e. The maximum absolute atomic E-state index is 13.4. The lowest BCUT2D eigenvalue weighted by atomic mass is 10.2. The fraction of sp³-hybridized carbons (Fsp3) is 0.111. The topological polar surface area (TPSA) is 112 Å². The normalized spacial score (nSPS) is 11.1. The molecule has 0 radical (unpaired) electrons. The van der Waals surface area contributed by atoms with Crippen LogP contribution in [0.25, 0.3) is 27.9 Å². The van der Waals surface area contributed by atoms with Crippen LogP contribution in [0.2, 0.25) is 5.02 Å². The average Bonchev–Trinajstić information content (AvgIpc) is 3.17. The van der Waals surface area contributed by atoms with Gasteiger partial charge in [-0.1, -0.05) is 35.9 Å². The zero-order valence-corrected chi connectivity index (χ0v) is 20.1. The molecule has 3 N–H and O–H groups in total. The first-order chi connectivity index (χ1) is 17.5. The van der Waals surface area contributed by atoms with Gasteiger partial charge in [-0.25, -0.2) is 14.8 Å². The van der Waals surface area contributed by atoms with Crippen molar-refractivity contribution >= 4 is 51.5 Å². The number of amides is 1. The van der Waals surface area contributed by atoms with Crippen molar-refractivity contribution in [3.05, 3.63) is 94.5 Å². The zero-order chi connectivity index (χ0) is 25.2. The van der Waals surface area contributed by atoms with Gasteiger partial charge in [0.25, 0.3) is 5.91 Å². The summed E-state index contributed by atoms with van der Waals surface area (Å²) in [7, 11) is 0. The van der Waals surface area contributed by atoms with E-state index in [1.807, 2.05) is 36.4 Å². The lowest BCUT2D eigenvalue weighted by molar-refractivity contribution is 0.0526. The van der Waals surface area contributed by atoms with Crippen LogP contribution in [0.5, 0.6) is 0 Å². The second-order valence-corrected chi connectivity index (χ2v) is 8.49. The van der Waals surface area contributed by atoms with Crippen molar-refractivity contribution in [1.82, 2.24) is 19.9 Å². The fourth-order valence-electron chi connectivity index (χ4n) is 3.98. The first kappa shape index (κ1) is 23.3. The van der Waals surface area contributed by atoms with Crippen LogP contribution < -0.4 is 11.1 Å². The number of halogens is 1. The van der Waals surface area contributed by atoms with E-state index in [9.17, 15) is 9.59 Å². The van der Waals surface area contributed by atoms with Gasteiger partial charge in [-0.15, -0.1) is 0 Å². The Kier molecular flexibility index (Phi) is 6.26. The van der Waals surface area contributed by atoms with Crippen LogP contribution in [0, 0.1) is 0 Å². The van der Waals surface area contributed by atoms with Crippen LogP contribution in [0.4, 0.5) is 5.82 Å². The van der Waals surface area contributed by atoms with Crippen molar-refractivity contribution in [2.24, 2.45) is 0 Å². The van der Waals surface area contributed by atoms with Gasteiger partial charge in [0.1, 0.15) is 16.9 Å². The maximum atomic E-state index is 13.4. The molecule has 0 unspecified atom stereocenters. The standard InChI is InChI=1S/C27H22ClN5O3/c1-2-36-27(35)17-9-13-19(14-10-17)33-24(29)22(26(34)30-15-16-7-11-18(28)12-8-16)23-25(33)32-21-6-4-3-5-20(21)31-23/h3-14H,2,15,29H2,1H3,(H,30,34). The minimum absolute atomic E-state index is 0.192. The summed E-state index contributed by atoms with van der Waals surface area (Å²) in [5.74, 6) is -0.598. The molecule has 0 spiro atoms. The lowest BCUT2D eigenvalue weighted by Crippen LogP contribution is -2.24. The maximum Gasteiger partial charge on any atom is 0.338 e. The van der Waals surface area contributed by atoms with Crippen LogP contribution in [-0.4, -0.2) is 33.0 Å². The van der Waals surface area contributed by atoms with E-state index in [1.54, 1.807) is 47.9 Å². The number of para-hydroxylation sites is 2. The average molecular weight is 500 g/mol. The van der Waals surface area contributed by atoms with E-state index < -0.39 is 5.97 Å². The number of nitrogen functional groups attached to an aromatic ring is 1. The number of ether oxygens (including phenoxy) is 1. The molecule has 0 aliphatic heterocycles. The summed E-state index contributed by atoms with van der Waals surface area (Å²) in [6, 6.07) is 21.4. The highest BCUT2D eigenvalue weighted by Crippen LogP contribution is 2.31. The molecule has 5 rings (SSSR count). The molecule has 180 valence electrons. The van der Waals surface area contributed by atoms with E-state index in [-0.39, 0.29) is 30.4 Å². The van der Waals surface area contributed by atoms with Crippen molar-refractivity contribution < 1.29 is 14.3 Å². The highest BCUT2D eigenvalue weighted by molar-refractivity contribution is 6.30. The third kappa shape index (κ3) is 4.34. The molecule has 0 atom stereocenters. The van der Waals surface area contributed by atoms with Gasteiger partial charge in [-0.2, -0.15) is 0 Å². The van der Waals surface area contributed by atoms with Crippen molar-refractivity contribution in [2.45, 2.75) is 13.5 Å². The van der Waals surface area contributed by atoms with Gasteiger partial charge in [-0.05, 0) is 61.0 Å². The Morgan fingerprint density at radius 2 is 1.64 bits per heavy atom. The lowest BCUT2D eigenvalue weighted by Gasteiger charge is -2.09. The molecular formula is C27H22ClN5O3. The molecule has 0 saturated heterocycles. The number of benzene rings is 3. The summed E-state index contributed by atoms with van der Waals surface area (Å²) in [6.07, 6.45) is 0. The predicted octanol–water partition coefficient (Wildman–Crippen LogP) is 4.92. The van der Waals surface area contributed by atoms with E-state index in [0.29, 0.717) is 38.5 Å². The van der Waals surface area contributed by atoms with Gasteiger partial charge < -0.3 is 15.8 Å². The van der Waals surface area contributed by atoms with Gasteiger partial charge in [0.15, 0.2) is 5.65 Å². The summed E-state index contributed by atoms with van der Waals surface area (Å²) in [5, 5.41) is 3.53. The van der Waals surface area contributed by atoms with Crippen molar-refractivity contribution in [3.8, 4) is 5.69 Å². The number of hydrogen-bond acceptors (Lipinski definition) is 6. The Balaban J connectivity index is 1.60. The van der Waals surface area contributed by atoms with Crippen LogP contribution in [-0.2, 0) is 11.3 Å². The summed E-state index contributed by atoms with van der Waals surface area (Å²) in [4.78, 5) is 34.9. The van der Waals surface area contributed by atoms with Gasteiger partial charge in [0, 0.05) is 17.3 Å². The quantitative estimate of drug-likeness (QED) is 0.321. The van der Waals surface area contributed by atoms with E-state index in [0.717, 1.165) is 5.56 Å². The number of nitrogens with zero attached hydrogens (tertiary/aromatic N) is 3. The molecule has 0 bridgehead atoms. The molecular weight excluding hydrogens is 478 g/mol. The van der Waals surface area contributed by atoms with E-state index in [1.165, 1.54) is 0 Å². The van der Waals surface area contributed by atoms with Crippen LogP contribution >= 0.6 is 11.6 Å². The van der Waals surface area contributed by atoms with Gasteiger partial charge in [0.05, 0.1) is 23.2 Å². The molecule has 1 amide bonds. The SMILES string of the molecule is CCOC(=O)c1ccc(-n2c(N)c(C(=O)NCc3ccc(Cl)cc3)c3nc4ccccc4nc32)cc1. The summed E-state index contributed by atoms with van der Waals surface area (Å²) >= 11 is 5.96. The number of aromatic nitrogens is 3. The number of carbonyl (C=O) groups excluding carboxylic acids is 2. The molecule has 3 aromatic carbocycles. The molecule has 2 aromatic heterocycles. The minimum Gasteiger partial charge on any atom is -0.462 e. The van der Waals surface area contributed by atoms with E-state index >= 15 is 0 Å². The number of anilines is 1. The van der Waals surface area contributed by atoms with Gasteiger partial charge in [0.2, 0.25) is 0 Å². The molecule has 0 aliphatic carbocycles. The molecule has 0 aliphatic rings. The first-order valence-corrected chi connectivity index (χ1v) is 11.7. The molecule has 5 aromatic rings. The smallest absolute Gasteiger partial charge is 0.338 e. The Morgan fingerprint density at radius 1 is 0.972 bits per heavy atom. The Bertz CT molecular complexity index is 1590. The first-order valence-electron chi connectivity index (χ1n) is 11.3. The van der Waals surface area contributed by atoms with Crippen molar-refractivity contribution in [1.29, 1.82) is 0 Å². The van der Waals surface area contributed by atoms with E-state index in [4.69, 9.17) is 32.0 Å². The Labute approximate surface area is 211 Å². The highest BCUT2D eigenvalue weighted by atomic mass is 35.5. The molecule has 8 nitrogen and oxygen atoms in total. The van der Waals surface area contributed by atoms with Crippen molar-refractivity contribution in [3.63, 3.8) is 0 Å². The summed E-state index contributed by atoms with van der Waals surface area (Å²) < 4.78 is 6.74. The number of hydrogen-bond donors (Lipinski definition) is 2. The summed E-state index contributed by atoms with van der Waals surface area (Å²) in [5.41, 5.74) is 10.9. The minimum atomic E-state index is -0.414. The molecule has 36 heavy (non-hydrogen) atoms. The number of rotatable bonds is 6. The second kappa shape index (κ2) is 9.67. The highest BCUT2D eigenvalue weighted by Gasteiger charge is 2.25. The van der Waals surface area contributed by atoms with E-state index in [2.05, 4.69) is 5.32 Å². The second-order valence-electron chi connectivity index (χ2n) is 8.06. The zero-order valence-electron chi connectivity index (χ0n) is 19.4. The van der Waals surface area contributed by atoms with Crippen LogP contribution in [0.1, 0.15) is 33.2 Å². The molecule has 0 fully saturated rings. The molecule has 2 heterocycles. The number of nitrogens with two attached hydrogens (primary N) is 1. The molecule has 0 saturated carbocycles.